The Morgan fingerprint density at radius 3 is 2.57 bits per heavy atom. The normalized spacial score (nSPS) is 14.9. The van der Waals surface area contributed by atoms with Gasteiger partial charge in [-0.3, -0.25) is 9.59 Å². The number of rotatable bonds is 9. The van der Waals surface area contributed by atoms with Gasteiger partial charge in [0.05, 0.1) is 43.0 Å². The predicted octanol–water partition coefficient (Wildman–Crippen LogP) is 6.33. The van der Waals surface area contributed by atoms with Gasteiger partial charge < -0.3 is 23.2 Å². The minimum atomic E-state index is -0.669. The molecule has 1 amide bonds. The predicted molar refractivity (Wildman–Crippen MR) is 140 cm³/mol. The first-order valence-electron chi connectivity index (χ1n) is 12.7. The van der Waals surface area contributed by atoms with Crippen LogP contribution in [-0.2, 0) is 6.54 Å². The van der Waals surface area contributed by atoms with E-state index < -0.39 is 6.04 Å². The molecule has 0 saturated carbocycles. The zero-order valence-electron chi connectivity index (χ0n) is 21.6. The second-order valence-corrected chi connectivity index (χ2v) is 9.39. The number of nitrogens with zero attached hydrogens (tertiary/aromatic N) is 1. The summed E-state index contributed by atoms with van der Waals surface area (Å²) in [6.07, 6.45) is 3.52. The van der Waals surface area contributed by atoms with Crippen molar-refractivity contribution >= 4 is 16.9 Å². The zero-order chi connectivity index (χ0) is 26.1. The van der Waals surface area contributed by atoms with Gasteiger partial charge in [-0.05, 0) is 74.2 Å². The van der Waals surface area contributed by atoms with Crippen molar-refractivity contribution in [3.63, 3.8) is 0 Å². The summed E-state index contributed by atoms with van der Waals surface area (Å²) in [6, 6.07) is 12.3. The molecule has 0 fully saturated rings. The number of fused-ring (bicyclic) bond motifs is 2. The van der Waals surface area contributed by atoms with Gasteiger partial charge in [0, 0.05) is 0 Å². The Kier molecular flexibility index (Phi) is 6.78. The SMILES string of the molecule is CCCCOc1ccc(C2c3c(oc4c(C)cc(C)cc4c3=O)C(=O)N2Cc2ccco2)cc1OCC. The summed E-state index contributed by atoms with van der Waals surface area (Å²) in [5.41, 5.74) is 3.08. The number of ether oxygens (including phenoxy) is 2. The molecule has 1 unspecified atom stereocenters. The van der Waals surface area contributed by atoms with Crippen LogP contribution in [0, 0.1) is 13.8 Å². The third-order valence-corrected chi connectivity index (χ3v) is 6.64. The topological polar surface area (TPSA) is 82.1 Å². The lowest BCUT2D eigenvalue weighted by molar-refractivity contribution is 0.0701. The maximum atomic E-state index is 13.9. The van der Waals surface area contributed by atoms with Crippen LogP contribution in [0.2, 0.25) is 0 Å². The minimum Gasteiger partial charge on any atom is -0.490 e. The molecule has 7 nitrogen and oxygen atoms in total. The number of amides is 1. The van der Waals surface area contributed by atoms with Crippen LogP contribution in [0.3, 0.4) is 0 Å². The van der Waals surface area contributed by atoms with Crippen LogP contribution in [0.5, 0.6) is 11.5 Å². The Hall–Kier alpha value is -4.00. The quantitative estimate of drug-likeness (QED) is 0.249. The highest BCUT2D eigenvalue weighted by molar-refractivity contribution is 5.99. The fourth-order valence-corrected chi connectivity index (χ4v) is 4.96. The van der Waals surface area contributed by atoms with E-state index in [4.69, 9.17) is 18.3 Å². The van der Waals surface area contributed by atoms with Gasteiger partial charge in [-0.2, -0.15) is 0 Å². The third-order valence-electron chi connectivity index (χ3n) is 6.64. The van der Waals surface area contributed by atoms with E-state index in [1.807, 2.05) is 57.2 Å². The molecule has 5 rings (SSSR count). The number of aryl methyl sites for hydroxylation is 2. The number of unbranched alkanes of at least 4 members (excludes halogenated alkanes) is 1. The van der Waals surface area contributed by atoms with Gasteiger partial charge >= 0.3 is 0 Å². The number of hydrogen-bond donors (Lipinski definition) is 0. The van der Waals surface area contributed by atoms with Crippen molar-refractivity contribution in [3.8, 4) is 11.5 Å². The van der Waals surface area contributed by atoms with E-state index in [0.29, 0.717) is 47.0 Å². The van der Waals surface area contributed by atoms with E-state index in [2.05, 4.69) is 6.92 Å². The Morgan fingerprint density at radius 2 is 1.84 bits per heavy atom. The lowest BCUT2D eigenvalue weighted by atomic mass is 9.97. The van der Waals surface area contributed by atoms with Crippen LogP contribution >= 0.6 is 0 Å². The molecule has 0 radical (unpaired) electrons. The summed E-state index contributed by atoms with van der Waals surface area (Å²) >= 11 is 0. The third kappa shape index (κ3) is 4.50. The molecule has 37 heavy (non-hydrogen) atoms. The molecule has 0 saturated heterocycles. The molecule has 0 N–H and O–H groups in total. The first kappa shape index (κ1) is 24.7. The summed E-state index contributed by atoms with van der Waals surface area (Å²) in [7, 11) is 0. The highest BCUT2D eigenvalue weighted by Gasteiger charge is 2.43. The highest BCUT2D eigenvalue weighted by Crippen LogP contribution is 2.42. The van der Waals surface area contributed by atoms with Gasteiger partial charge in [-0.1, -0.05) is 25.5 Å². The smallest absolute Gasteiger partial charge is 0.291 e. The van der Waals surface area contributed by atoms with Crippen molar-refractivity contribution in [2.75, 3.05) is 13.2 Å². The Labute approximate surface area is 215 Å². The fraction of sp³-hybridized carbons (Fsp3) is 0.333. The maximum Gasteiger partial charge on any atom is 0.291 e. The number of carbonyl (C=O) groups excluding carboxylic acids is 1. The number of hydrogen-bond acceptors (Lipinski definition) is 6. The Balaban J connectivity index is 1.68. The first-order valence-corrected chi connectivity index (χ1v) is 12.7. The van der Waals surface area contributed by atoms with Crippen molar-refractivity contribution in [2.24, 2.45) is 0 Å². The fourth-order valence-electron chi connectivity index (χ4n) is 4.96. The standard InChI is InChI=1S/C30H31NO6/c1-5-7-12-36-23-11-10-20(16-24(23)34-6-2)26-25-27(32)22-15-18(3)14-19(4)28(22)37-29(25)30(33)31(26)17-21-9-8-13-35-21/h8-11,13-16,26H,5-7,12,17H2,1-4H3. The Bertz CT molecular complexity index is 1500. The number of carbonyl (C=O) groups is 1. The lowest BCUT2D eigenvalue weighted by Crippen LogP contribution is -2.29. The summed E-state index contributed by atoms with van der Waals surface area (Å²) in [5, 5.41) is 0.471. The van der Waals surface area contributed by atoms with Gasteiger partial charge in [-0.25, -0.2) is 0 Å². The highest BCUT2D eigenvalue weighted by atomic mass is 16.5. The summed E-state index contributed by atoms with van der Waals surface area (Å²) in [5.74, 6) is 1.54. The van der Waals surface area contributed by atoms with Crippen LogP contribution in [0.1, 0.15) is 71.3 Å². The molecule has 192 valence electrons. The molecule has 0 aliphatic carbocycles. The Morgan fingerprint density at radius 1 is 1.00 bits per heavy atom. The molecule has 2 aromatic heterocycles. The van der Waals surface area contributed by atoms with Crippen LogP contribution in [0.4, 0.5) is 0 Å². The van der Waals surface area contributed by atoms with Crippen LogP contribution in [0.15, 0.2) is 62.4 Å². The molecule has 1 aliphatic heterocycles. The monoisotopic (exact) mass is 501 g/mol. The largest absolute Gasteiger partial charge is 0.490 e. The zero-order valence-corrected chi connectivity index (χ0v) is 21.6. The lowest BCUT2D eigenvalue weighted by Gasteiger charge is -2.25. The first-order chi connectivity index (χ1) is 17.9. The minimum absolute atomic E-state index is 0.0715. The van der Waals surface area contributed by atoms with Crippen molar-refractivity contribution in [1.29, 1.82) is 0 Å². The molecule has 7 heteroatoms. The van der Waals surface area contributed by atoms with Crippen LogP contribution in [-0.4, -0.2) is 24.0 Å². The molecule has 3 heterocycles. The van der Waals surface area contributed by atoms with Gasteiger partial charge in [-0.15, -0.1) is 0 Å². The second-order valence-electron chi connectivity index (χ2n) is 9.39. The van der Waals surface area contributed by atoms with Gasteiger partial charge in [0.15, 0.2) is 16.9 Å². The molecule has 1 atom stereocenters. The van der Waals surface area contributed by atoms with Crippen LogP contribution in [0.25, 0.3) is 11.0 Å². The van der Waals surface area contributed by atoms with Crippen molar-refractivity contribution in [1.82, 2.24) is 4.90 Å². The summed E-state index contributed by atoms with van der Waals surface area (Å²) < 4.78 is 23.6. The summed E-state index contributed by atoms with van der Waals surface area (Å²) in [6.45, 7) is 9.06. The van der Waals surface area contributed by atoms with Gasteiger partial charge in [0.1, 0.15) is 11.3 Å². The van der Waals surface area contributed by atoms with E-state index in [0.717, 1.165) is 29.5 Å². The molecule has 0 bridgehead atoms. The van der Waals surface area contributed by atoms with Crippen molar-refractivity contribution in [3.05, 3.63) is 92.7 Å². The molecule has 0 spiro atoms. The molecule has 1 aliphatic rings. The van der Waals surface area contributed by atoms with Crippen molar-refractivity contribution < 1.29 is 23.1 Å². The average molecular weight is 502 g/mol. The van der Waals surface area contributed by atoms with E-state index in [-0.39, 0.29) is 23.6 Å². The van der Waals surface area contributed by atoms with E-state index >= 15 is 0 Å². The number of furan rings is 1. The summed E-state index contributed by atoms with van der Waals surface area (Å²) in [4.78, 5) is 29.3. The van der Waals surface area contributed by atoms with Gasteiger partial charge in [0.25, 0.3) is 5.91 Å². The number of benzene rings is 2. The van der Waals surface area contributed by atoms with Gasteiger partial charge in [0.2, 0.25) is 5.76 Å². The molecule has 2 aromatic carbocycles. The van der Waals surface area contributed by atoms with Crippen LogP contribution < -0.4 is 14.9 Å². The second kappa shape index (κ2) is 10.2. The van der Waals surface area contributed by atoms with Crippen molar-refractivity contribution in [2.45, 2.75) is 53.1 Å². The van der Waals surface area contributed by atoms with E-state index in [1.165, 1.54) is 0 Å². The molecule has 4 aromatic rings. The average Bonchev–Trinajstić information content (AvgIpc) is 3.48. The molecular formula is C30H31NO6. The molecular weight excluding hydrogens is 470 g/mol. The van der Waals surface area contributed by atoms with E-state index in [9.17, 15) is 9.59 Å². The van der Waals surface area contributed by atoms with E-state index in [1.54, 1.807) is 17.2 Å². The maximum absolute atomic E-state index is 13.9.